The minimum absolute atomic E-state index is 0.0266. The van der Waals surface area contributed by atoms with Crippen LogP contribution in [0, 0.1) is 0 Å². The number of H-pyrrole nitrogens is 1. The molecule has 1 fully saturated rings. The molecule has 1 aliphatic rings. The number of ether oxygens (including phenoxy) is 3. The van der Waals surface area contributed by atoms with Gasteiger partial charge >= 0.3 is 0 Å². The summed E-state index contributed by atoms with van der Waals surface area (Å²) in [6.07, 6.45) is 41.9. The Morgan fingerprint density at radius 1 is 0.482 bits per heavy atom. The number of morpholine rings is 1. The third kappa shape index (κ3) is 23.3. The lowest BCUT2D eigenvalue weighted by Crippen LogP contribution is -2.36. The van der Waals surface area contributed by atoms with Crippen LogP contribution in [0.2, 0.25) is 10.0 Å². The molecule has 0 atom stereocenters. The molecule has 1 amide bonds. The number of unbranched alkanes of at least 4 members (excludes halogenated alkanes) is 1. The molecular weight excluding hydrogens is 1810 g/mol. The number of hydrogen-bond donors (Lipinski definition) is 7. The van der Waals surface area contributed by atoms with Crippen LogP contribution in [0.1, 0.15) is 32.3 Å². The molecule has 0 radical (unpaired) electrons. The molecule has 141 heavy (non-hydrogen) atoms. The van der Waals surface area contributed by atoms with Crippen LogP contribution in [0.3, 0.4) is 0 Å². The fourth-order valence-electron chi connectivity index (χ4n) is 15.6. The average Bonchev–Trinajstić information content (AvgIpc) is 1.72. The zero-order valence-corrected chi connectivity index (χ0v) is 79.3. The molecule has 706 valence electrons. The van der Waals surface area contributed by atoms with E-state index in [9.17, 15) is 9.90 Å². The van der Waals surface area contributed by atoms with Crippen LogP contribution in [0.15, 0.2) is 348 Å². The zero-order chi connectivity index (χ0) is 96.8. The van der Waals surface area contributed by atoms with E-state index >= 15 is 0 Å². The van der Waals surface area contributed by atoms with Crippen LogP contribution < -0.4 is 45.9 Å². The number of aromatic amines is 1. The molecule has 31 nitrogen and oxygen atoms in total. The van der Waals surface area contributed by atoms with E-state index < -0.39 is 0 Å². The Balaban J connectivity index is 0.000000117. The highest BCUT2D eigenvalue weighted by Crippen LogP contribution is 2.36. The smallest absolute Gasteiger partial charge is 0.259 e. The van der Waals surface area contributed by atoms with Gasteiger partial charge in [0.2, 0.25) is 5.88 Å². The van der Waals surface area contributed by atoms with E-state index in [0.717, 1.165) is 175 Å². The first-order valence-electron chi connectivity index (χ1n) is 45.9. The molecule has 14 heterocycles. The number of halogens is 2. The van der Waals surface area contributed by atoms with Gasteiger partial charge in [0.05, 0.1) is 77.3 Å². The van der Waals surface area contributed by atoms with Crippen molar-refractivity contribution in [2.24, 2.45) is 0 Å². The SMILES string of the molecule is CCC/C=C/c1ccc(-c2cn3ccnc3c(Nc3ccc(OC)nc3)n2)cc1.CCN(CCO)c1ccc(Nc2nc(-c3ccccc3)cn3ccnc23)cc1.CN(C)C(=O)COc1cccc(Nc2nc(-c3ccccc3Cl)cn3ccnc23)c1.Clc1ccccc1-c1cn2ccnc2c(Nc2ccc3[nH]ccc3c2)n1.c1cc(-c2cn3ccnc3c(Nc3ccc(N4CCOCC4)cc3)n2)ccn1. The maximum absolute atomic E-state index is 11.8. The van der Waals surface area contributed by atoms with E-state index in [1.807, 2.05) is 248 Å². The first-order chi connectivity index (χ1) is 69.2. The number of carbonyl (C=O) groups excluding carboxylic acids is 1. The summed E-state index contributed by atoms with van der Waals surface area (Å²) in [6, 6.07) is 73.4. The van der Waals surface area contributed by atoms with Crippen LogP contribution >= 0.6 is 23.2 Å². The number of pyridine rings is 2. The lowest BCUT2D eigenvalue weighted by atomic mass is 10.1. The van der Waals surface area contributed by atoms with Gasteiger partial charge < -0.3 is 87.6 Å². The second-order valence-electron chi connectivity index (χ2n) is 32.6. The number of methoxy groups -OCH3 is 1. The summed E-state index contributed by atoms with van der Waals surface area (Å²) in [5.74, 6) is 4.41. The number of likely N-dealkylation sites (N-methyl/N-ethyl adjacent to an activating group) is 2. The minimum Gasteiger partial charge on any atom is -0.484 e. The van der Waals surface area contributed by atoms with Gasteiger partial charge in [-0.1, -0.05) is 146 Å². The van der Waals surface area contributed by atoms with Gasteiger partial charge in [-0.3, -0.25) is 9.78 Å². The van der Waals surface area contributed by atoms with Crippen molar-refractivity contribution in [3.05, 3.63) is 364 Å². The Kier molecular flexibility index (Phi) is 30.0. The average molecular weight is 1910 g/mol. The zero-order valence-electron chi connectivity index (χ0n) is 77.8. The summed E-state index contributed by atoms with van der Waals surface area (Å²) in [5.41, 5.74) is 21.7. The van der Waals surface area contributed by atoms with E-state index in [0.29, 0.717) is 57.1 Å². The minimum atomic E-state index is -0.110. The number of anilines is 12. The van der Waals surface area contributed by atoms with Gasteiger partial charge in [-0.2, -0.15) is 0 Å². The summed E-state index contributed by atoms with van der Waals surface area (Å²) in [6.45, 7) is 9.26. The van der Waals surface area contributed by atoms with Gasteiger partial charge in [-0.25, -0.2) is 54.8 Å². The summed E-state index contributed by atoms with van der Waals surface area (Å²) in [5, 5.41) is 28.5. The van der Waals surface area contributed by atoms with E-state index in [1.165, 1.54) is 16.2 Å². The van der Waals surface area contributed by atoms with Crippen molar-refractivity contribution >= 4 is 143 Å². The fraction of sp³-hybridized carbons (Fsp3) is 0.139. The molecule has 0 spiro atoms. The molecule has 0 unspecified atom stereocenters. The number of hydrogen-bond acceptors (Lipinski definition) is 24. The van der Waals surface area contributed by atoms with Crippen molar-refractivity contribution in [3.63, 3.8) is 0 Å². The van der Waals surface area contributed by atoms with Crippen molar-refractivity contribution in [2.45, 2.75) is 26.7 Å². The van der Waals surface area contributed by atoms with E-state index in [4.69, 9.17) is 62.3 Å². The number of imidazole rings is 5. The quantitative estimate of drug-likeness (QED) is 0.0251. The number of aromatic nitrogens is 18. The Labute approximate surface area is 822 Å². The Bertz CT molecular complexity index is 7640. The van der Waals surface area contributed by atoms with E-state index in [2.05, 4.69) is 157 Å². The molecule has 33 heteroatoms. The fourth-order valence-corrected chi connectivity index (χ4v) is 16.1. The van der Waals surface area contributed by atoms with Crippen LogP contribution in [-0.4, -0.2) is 177 Å². The number of allylic oxidation sites excluding steroid dienone is 1. The van der Waals surface area contributed by atoms with Crippen LogP contribution in [-0.2, 0) is 9.53 Å². The van der Waals surface area contributed by atoms with Gasteiger partial charge in [0.1, 0.15) is 5.75 Å². The Morgan fingerprint density at radius 3 is 1.45 bits per heavy atom. The largest absolute Gasteiger partial charge is 0.484 e. The van der Waals surface area contributed by atoms with E-state index in [-0.39, 0.29) is 19.1 Å². The van der Waals surface area contributed by atoms with Crippen molar-refractivity contribution in [1.29, 1.82) is 0 Å². The van der Waals surface area contributed by atoms with Crippen molar-refractivity contribution in [3.8, 4) is 67.9 Å². The lowest BCUT2D eigenvalue weighted by Gasteiger charge is -2.28. The number of aliphatic hydroxyl groups excluding tert-OH is 1. The standard InChI is InChI=1S/C23H23N5O.C22H20ClN5O2.C22H23N5O.C21H20N6O.C20H14ClN5/c1-3-4-5-6-17-7-9-18(10-8-17)20-16-28-14-13-24-23(28)22(27-20)26-19-11-12-21(29-2)25-15-19;1-27(2)20(29)14-30-16-7-5-6-15(12-16)25-21-22-24-10-11-28(22)13-19(26-21)17-8-3-4-9-18(17)23;1-2-26(14-15-28)19-10-8-18(9-11-19)24-21-22-23-12-13-27(22)16-20(25-21)17-6-4-3-5-7-17;1-3-18(26-11-13-28-14-12-26)4-2-17(1)24-20-21-23-9-10-27(21)15-19(25-20)16-5-7-22-8-6-16;21-16-4-2-1-3-15(16)18-12-26-10-9-23-20(26)19(25-18)24-14-5-6-17-13(11-14)7-8-22-17/h5-16H,3-4H2,1-2H3,(H,26,27);3-13H,14H2,1-2H3,(H,25,26);3-13,16,28H,2,14-15H2,1H3,(H,24,25);1-10,15H,11-14H2,(H,24,25);1-12,22H,(H,24,25)/b6-5+;;;;. The van der Waals surface area contributed by atoms with Gasteiger partial charge in [-0.15, -0.1) is 0 Å². The Hall–Kier alpha value is -17.4. The first-order valence-corrected chi connectivity index (χ1v) is 46.6. The van der Waals surface area contributed by atoms with E-state index in [1.54, 1.807) is 82.9 Å². The molecule has 22 rings (SSSR count). The van der Waals surface area contributed by atoms with Crippen LogP contribution in [0.4, 0.5) is 68.9 Å². The van der Waals surface area contributed by atoms with Gasteiger partial charge in [0.25, 0.3) is 5.91 Å². The number of aliphatic hydroxyl groups is 1. The predicted octanol–water partition coefficient (Wildman–Crippen LogP) is 22.2. The summed E-state index contributed by atoms with van der Waals surface area (Å²) in [4.78, 5) is 75.3. The summed E-state index contributed by atoms with van der Waals surface area (Å²) in [7, 11) is 4.98. The summed E-state index contributed by atoms with van der Waals surface area (Å²) >= 11 is 12.7. The Morgan fingerprint density at radius 2 is 0.950 bits per heavy atom. The van der Waals surface area contributed by atoms with Gasteiger partial charge in [0, 0.05) is 237 Å². The monoisotopic (exact) mass is 1910 g/mol. The number of fused-ring (bicyclic) bond motifs is 6. The molecule has 1 aliphatic heterocycles. The number of nitrogens with zero attached hydrogens (tertiary/aromatic N) is 20. The number of carbonyl (C=O) groups is 1. The molecule has 21 aromatic rings. The third-order valence-corrected chi connectivity index (χ3v) is 23.6. The number of rotatable bonds is 27. The highest BCUT2D eigenvalue weighted by Gasteiger charge is 2.20. The third-order valence-electron chi connectivity index (χ3n) is 22.9. The summed E-state index contributed by atoms with van der Waals surface area (Å²) < 4.78 is 25.9. The first kappa shape index (κ1) is 94.0. The maximum Gasteiger partial charge on any atom is 0.259 e. The topological polar surface area (TPSA) is 327 Å². The maximum atomic E-state index is 11.8. The number of amides is 1. The molecule has 1 saturated heterocycles. The second kappa shape index (κ2) is 45.1. The molecule has 7 N–H and O–H groups in total. The normalized spacial score (nSPS) is 11.7. The van der Waals surface area contributed by atoms with Gasteiger partial charge in [-0.05, 0) is 134 Å². The lowest BCUT2D eigenvalue weighted by molar-refractivity contribution is -0.130. The molecule has 0 bridgehead atoms. The molecule has 8 aromatic carbocycles. The number of nitrogens with one attached hydrogen (secondary N) is 6. The highest BCUT2D eigenvalue weighted by atomic mass is 35.5. The van der Waals surface area contributed by atoms with Crippen molar-refractivity contribution in [2.75, 3.05) is 110 Å². The van der Waals surface area contributed by atoms with Crippen LogP contribution in [0.25, 0.3) is 102 Å². The highest BCUT2D eigenvalue weighted by molar-refractivity contribution is 6.33. The van der Waals surface area contributed by atoms with Crippen molar-refractivity contribution in [1.82, 2.24) is 91.7 Å². The molecule has 13 aromatic heterocycles. The van der Waals surface area contributed by atoms with Crippen LogP contribution in [0.5, 0.6) is 11.6 Å². The number of benzene rings is 8. The molecule has 0 saturated carbocycles. The second-order valence-corrected chi connectivity index (χ2v) is 33.4. The predicted molar refractivity (Wildman–Crippen MR) is 561 cm³/mol. The van der Waals surface area contributed by atoms with Crippen molar-refractivity contribution < 1.29 is 24.1 Å². The molecular formula is C108H100Cl2N26O5. The van der Waals surface area contributed by atoms with Gasteiger partial charge in [0.15, 0.2) is 63.9 Å². The molecule has 0 aliphatic carbocycles.